The fourth-order valence-electron chi connectivity index (χ4n) is 1.55. The van der Waals surface area contributed by atoms with E-state index in [1.54, 1.807) is 18.3 Å². The van der Waals surface area contributed by atoms with Gasteiger partial charge in [-0.05, 0) is 35.4 Å². The first-order valence-electron chi connectivity index (χ1n) is 5.95. The first-order chi connectivity index (χ1) is 9.63. The van der Waals surface area contributed by atoms with Crippen LogP contribution in [0.5, 0.6) is 0 Å². The second-order valence-electron chi connectivity index (χ2n) is 4.15. The van der Waals surface area contributed by atoms with Gasteiger partial charge in [0.15, 0.2) is 0 Å². The summed E-state index contributed by atoms with van der Waals surface area (Å²) in [7, 11) is 0. The molecule has 3 nitrogen and oxygen atoms in total. The van der Waals surface area contributed by atoms with Crippen LogP contribution in [0.1, 0.15) is 11.1 Å². The number of hydrogen-bond donors (Lipinski definition) is 1. The van der Waals surface area contributed by atoms with Crippen LogP contribution >= 0.6 is 27.5 Å². The number of carbonyl (C=O) groups is 1. The summed E-state index contributed by atoms with van der Waals surface area (Å²) in [6.45, 7) is 0. The quantitative estimate of drug-likeness (QED) is 0.661. The lowest BCUT2D eigenvalue weighted by Crippen LogP contribution is -2.19. The van der Waals surface area contributed by atoms with Gasteiger partial charge in [-0.1, -0.05) is 51.8 Å². The van der Waals surface area contributed by atoms with Crippen molar-refractivity contribution in [2.45, 2.75) is 6.42 Å². The molecule has 20 heavy (non-hydrogen) atoms. The fourth-order valence-corrected chi connectivity index (χ4v) is 1.95. The molecule has 2 aromatic rings. The molecule has 102 valence electrons. The van der Waals surface area contributed by atoms with Crippen LogP contribution < -0.4 is 5.43 Å². The van der Waals surface area contributed by atoms with Gasteiger partial charge in [0.1, 0.15) is 0 Å². The number of carbonyl (C=O) groups excluding carboxylic acids is 1. The Hall–Kier alpha value is -1.65. The zero-order valence-electron chi connectivity index (χ0n) is 10.5. The Morgan fingerprint density at radius 1 is 1.15 bits per heavy atom. The van der Waals surface area contributed by atoms with Crippen molar-refractivity contribution < 1.29 is 4.79 Å². The average Bonchev–Trinajstić information content (AvgIpc) is 2.44. The molecule has 0 saturated carbocycles. The van der Waals surface area contributed by atoms with E-state index in [9.17, 15) is 4.79 Å². The molecule has 0 fully saturated rings. The van der Waals surface area contributed by atoms with E-state index >= 15 is 0 Å². The largest absolute Gasteiger partial charge is 0.273 e. The highest BCUT2D eigenvalue weighted by molar-refractivity contribution is 9.10. The Balaban J connectivity index is 1.85. The van der Waals surface area contributed by atoms with E-state index in [1.165, 1.54) is 0 Å². The van der Waals surface area contributed by atoms with Crippen LogP contribution in [0.25, 0.3) is 0 Å². The van der Waals surface area contributed by atoms with Gasteiger partial charge in [0.25, 0.3) is 0 Å². The summed E-state index contributed by atoms with van der Waals surface area (Å²) in [6, 6.07) is 14.8. The Kier molecular flexibility index (Phi) is 5.32. The zero-order chi connectivity index (χ0) is 14.4. The number of amides is 1. The molecule has 0 heterocycles. The van der Waals surface area contributed by atoms with Crippen LogP contribution in [-0.4, -0.2) is 12.1 Å². The molecule has 0 aromatic heterocycles. The highest BCUT2D eigenvalue weighted by Crippen LogP contribution is 2.11. The van der Waals surface area contributed by atoms with Gasteiger partial charge in [-0.3, -0.25) is 4.79 Å². The van der Waals surface area contributed by atoms with Crippen molar-refractivity contribution in [3.05, 3.63) is 69.2 Å². The van der Waals surface area contributed by atoms with Crippen LogP contribution in [0.3, 0.4) is 0 Å². The summed E-state index contributed by atoms with van der Waals surface area (Å²) >= 11 is 9.13. The van der Waals surface area contributed by atoms with Crippen molar-refractivity contribution in [2.75, 3.05) is 0 Å². The van der Waals surface area contributed by atoms with E-state index in [1.807, 2.05) is 36.4 Å². The van der Waals surface area contributed by atoms with E-state index < -0.39 is 0 Å². The average molecular weight is 352 g/mol. The molecule has 0 spiro atoms. The van der Waals surface area contributed by atoms with Crippen molar-refractivity contribution in [1.29, 1.82) is 0 Å². The van der Waals surface area contributed by atoms with Gasteiger partial charge >= 0.3 is 0 Å². The predicted molar refractivity (Wildman–Crippen MR) is 85.0 cm³/mol. The van der Waals surface area contributed by atoms with Crippen LogP contribution in [-0.2, 0) is 11.2 Å². The van der Waals surface area contributed by atoms with E-state index in [4.69, 9.17) is 11.6 Å². The van der Waals surface area contributed by atoms with E-state index in [0.717, 1.165) is 15.6 Å². The minimum atomic E-state index is -0.155. The number of hydrazone groups is 1. The molecule has 0 aliphatic rings. The van der Waals surface area contributed by atoms with Gasteiger partial charge in [0, 0.05) is 9.50 Å². The standard InChI is InChI=1S/C15H12BrClN2O/c16-13-5-1-11(2-6-13)9-15(20)19-18-10-12-3-7-14(17)8-4-12/h1-8,10H,9H2,(H,19,20)/b18-10+. The number of rotatable bonds is 4. The van der Waals surface area contributed by atoms with Crippen LogP contribution in [0.4, 0.5) is 0 Å². The maximum Gasteiger partial charge on any atom is 0.244 e. The summed E-state index contributed by atoms with van der Waals surface area (Å²) in [5.74, 6) is -0.155. The van der Waals surface area contributed by atoms with Gasteiger partial charge in [-0.15, -0.1) is 0 Å². The molecule has 5 heteroatoms. The lowest BCUT2D eigenvalue weighted by molar-refractivity contribution is -0.120. The zero-order valence-corrected chi connectivity index (χ0v) is 12.9. The maximum atomic E-state index is 11.7. The smallest absolute Gasteiger partial charge is 0.244 e. The molecule has 1 N–H and O–H groups in total. The summed E-state index contributed by atoms with van der Waals surface area (Å²) in [6.07, 6.45) is 1.88. The molecule has 0 saturated heterocycles. The summed E-state index contributed by atoms with van der Waals surface area (Å²) < 4.78 is 0.988. The van der Waals surface area contributed by atoms with Crippen LogP contribution in [0.15, 0.2) is 58.1 Å². The predicted octanol–water partition coefficient (Wildman–Crippen LogP) is 3.80. The van der Waals surface area contributed by atoms with Gasteiger partial charge < -0.3 is 0 Å². The SMILES string of the molecule is O=C(Cc1ccc(Br)cc1)N/N=C/c1ccc(Cl)cc1. The third-order valence-corrected chi connectivity index (χ3v) is 3.33. The highest BCUT2D eigenvalue weighted by atomic mass is 79.9. The Morgan fingerprint density at radius 3 is 2.45 bits per heavy atom. The van der Waals surface area contributed by atoms with Crippen molar-refractivity contribution in [1.82, 2.24) is 5.43 Å². The number of hydrogen-bond acceptors (Lipinski definition) is 2. The van der Waals surface area contributed by atoms with Crippen LogP contribution in [0.2, 0.25) is 5.02 Å². The highest BCUT2D eigenvalue weighted by Gasteiger charge is 2.01. The fraction of sp³-hybridized carbons (Fsp3) is 0.0667. The van der Waals surface area contributed by atoms with E-state index in [2.05, 4.69) is 26.5 Å². The van der Waals surface area contributed by atoms with E-state index in [0.29, 0.717) is 11.4 Å². The Bertz CT molecular complexity index is 609. The van der Waals surface area contributed by atoms with Gasteiger partial charge in [-0.2, -0.15) is 5.10 Å². The van der Waals surface area contributed by atoms with Crippen molar-refractivity contribution in [2.24, 2.45) is 5.10 Å². The van der Waals surface area contributed by atoms with Gasteiger partial charge in [0.2, 0.25) is 5.91 Å². The Morgan fingerprint density at radius 2 is 1.80 bits per heavy atom. The number of benzene rings is 2. The minimum absolute atomic E-state index is 0.155. The first kappa shape index (κ1) is 14.8. The molecular formula is C15H12BrClN2O. The topological polar surface area (TPSA) is 41.5 Å². The second kappa shape index (κ2) is 7.22. The number of nitrogens with one attached hydrogen (secondary N) is 1. The molecule has 0 unspecified atom stereocenters. The normalized spacial score (nSPS) is 10.7. The molecule has 0 aliphatic heterocycles. The maximum absolute atomic E-state index is 11.7. The van der Waals surface area contributed by atoms with Crippen LogP contribution in [0, 0.1) is 0 Å². The van der Waals surface area contributed by atoms with Gasteiger partial charge in [0.05, 0.1) is 12.6 Å². The second-order valence-corrected chi connectivity index (χ2v) is 5.50. The minimum Gasteiger partial charge on any atom is -0.273 e. The number of halogens is 2. The third kappa shape index (κ3) is 4.79. The van der Waals surface area contributed by atoms with Crippen molar-refractivity contribution in [3.63, 3.8) is 0 Å². The number of nitrogens with zero attached hydrogens (tertiary/aromatic N) is 1. The molecule has 1 amide bonds. The molecule has 0 bridgehead atoms. The van der Waals surface area contributed by atoms with Gasteiger partial charge in [-0.25, -0.2) is 5.43 Å². The third-order valence-electron chi connectivity index (χ3n) is 2.55. The van der Waals surface area contributed by atoms with E-state index in [-0.39, 0.29) is 5.91 Å². The Labute approximate surface area is 130 Å². The van der Waals surface area contributed by atoms with Crippen molar-refractivity contribution in [3.8, 4) is 0 Å². The molecule has 2 aromatic carbocycles. The van der Waals surface area contributed by atoms with Crippen molar-refractivity contribution >= 4 is 39.7 Å². The summed E-state index contributed by atoms with van der Waals surface area (Å²) in [4.78, 5) is 11.7. The molecule has 2 rings (SSSR count). The summed E-state index contributed by atoms with van der Waals surface area (Å²) in [5, 5.41) is 4.58. The summed E-state index contributed by atoms with van der Waals surface area (Å²) in [5.41, 5.74) is 4.31. The molecular weight excluding hydrogens is 340 g/mol. The lowest BCUT2D eigenvalue weighted by Gasteiger charge is -2.00. The first-order valence-corrected chi connectivity index (χ1v) is 7.12. The molecule has 0 atom stereocenters. The molecule has 0 radical (unpaired) electrons. The molecule has 0 aliphatic carbocycles. The lowest BCUT2D eigenvalue weighted by atomic mass is 10.1. The monoisotopic (exact) mass is 350 g/mol.